The number of ether oxygens (including phenoxy) is 1. The van der Waals surface area contributed by atoms with Gasteiger partial charge in [-0.05, 0) is 12.1 Å². The molecule has 1 aromatic heterocycles. The Labute approximate surface area is 104 Å². The van der Waals surface area contributed by atoms with Crippen molar-refractivity contribution in [3.8, 4) is 5.75 Å². The van der Waals surface area contributed by atoms with E-state index in [1.807, 2.05) is 30.5 Å². The molecule has 3 heterocycles. The Hall–Kier alpha value is -2.49. The van der Waals surface area contributed by atoms with Gasteiger partial charge in [-0.3, -0.25) is 0 Å². The van der Waals surface area contributed by atoms with Crippen LogP contribution in [0.1, 0.15) is 11.1 Å². The second-order valence-electron chi connectivity index (χ2n) is 4.27. The summed E-state index contributed by atoms with van der Waals surface area (Å²) in [7, 11) is 0. The molecule has 0 N–H and O–H groups in total. The number of aliphatic imine (C=N–C) groups is 1. The minimum atomic E-state index is 0.653. The van der Waals surface area contributed by atoms with Gasteiger partial charge in [0.25, 0.3) is 0 Å². The molecule has 0 spiro atoms. The maximum absolute atomic E-state index is 5.81. The van der Waals surface area contributed by atoms with Gasteiger partial charge in [0.2, 0.25) is 5.90 Å². The first-order chi connectivity index (χ1) is 8.90. The fourth-order valence-corrected chi connectivity index (χ4v) is 2.21. The van der Waals surface area contributed by atoms with Crippen LogP contribution in [0.25, 0.3) is 6.08 Å². The van der Waals surface area contributed by atoms with Crippen LogP contribution < -0.4 is 4.74 Å². The van der Waals surface area contributed by atoms with Crippen molar-refractivity contribution in [3.05, 3.63) is 53.5 Å². The monoisotopic (exact) mass is 235 g/mol. The molecule has 0 amide bonds. The SMILES string of the molecule is C1=C2Cc3cncnc3N=C2Oc2ccccc21. The molecule has 2 aliphatic rings. The number of hydrogen-bond acceptors (Lipinski definition) is 4. The molecule has 0 saturated carbocycles. The van der Waals surface area contributed by atoms with E-state index in [9.17, 15) is 0 Å². The van der Waals surface area contributed by atoms with Crippen LogP contribution in [0.2, 0.25) is 0 Å². The van der Waals surface area contributed by atoms with Crippen molar-refractivity contribution < 1.29 is 4.74 Å². The van der Waals surface area contributed by atoms with Gasteiger partial charge in [-0.15, -0.1) is 0 Å². The number of nitrogens with zero attached hydrogens (tertiary/aromatic N) is 3. The van der Waals surface area contributed by atoms with E-state index in [2.05, 4.69) is 21.0 Å². The quantitative estimate of drug-likeness (QED) is 0.705. The smallest absolute Gasteiger partial charge is 0.224 e. The highest BCUT2D eigenvalue weighted by Gasteiger charge is 2.24. The summed E-state index contributed by atoms with van der Waals surface area (Å²) < 4.78 is 5.81. The van der Waals surface area contributed by atoms with Crippen molar-refractivity contribution in [2.24, 2.45) is 4.99 Å². The van der Waals surface area contributed by atoms with E-state index in [1.165, 1.54) is 6.33 Å². The lowest BCUT2D eigenvalue weighted by atomic mass is 9.99. The van der Waals surface area contributed by atoms with E-state index in [-0.39, 0.29) is 0 Å². The summed E-state index contributed by atoms with van der Waals surface area (Å²) >= 11 is 0. The molecule has 0 bridgehead atoms. The Morgan fingerprint density at radius 2 is 2.11 bits per heavy atom. The van der Waals surface area contributed by atoms with Crippen molar-refractivity contribution in [2.75, 3.05) is 0 Å². The molecule has 1 aromatic carbocycles. The average molecular weight is 235 g/mol. The van der Waals surface area contributed by atoms with E-state index < -0.39 is 0 Å². The van der Waals surface area contributed by atoms with Crippen LogP contribution in [0, 0.1) is 0 Å². The highest BCUT2D eigenvalue weighted by Crippen LogP contribution is 2.33. The fourth-order valence-electron chi connectivity index (χ4n) is 2.21. The summed E-state index contributed by atoms with van der Waals surface area (Å²) in [5, 5.41) is 0. The Morgan fingerprint density at radius 3 is 3.11 bits per heavy atom. The molecule has 0 atom stereocenters. The van der Waals surface area contributed by atoms with Crippen molar-refractivity contribution in [2.45, 2.75) is 6.42 Å². The Bertz CT molecular complexity index is 642. The van der Waals surface area contributed by atoms with Crippen LogP contribution in [0.5, 0.6) is 5.75 Å². The largest absolute Gasteiger partial charge is 0.438 e. The van der Waals surface area contributed by atoms with Gasteiger partial charge in [-0.2, -0.15) is 4.99 Å². The van der Waals surface area contributed by atoms with E-state index in [0.29, 0.717) is 11.7 Å². The first-order valence-electron chi connectivity index (χ1n) is 5.75. The van der Waals surface area contributed by atoms with Gasteiger partial charge in [0, 0.05) is 29.3 Å². The minimum absolute atomic E-state index is 0.653. The molecule has 0 fully saturated rings. The van der Waals surface area contributed by atoms with Gasteiger partial charge in [0.15, 0.2) is 5.82 Å². The van der Waals surface area contributed by atoms with Crippen LogP contribution in [0.3, 0.4) is 0 Å². The van der Waals surface area contributed by atoms with Crippen molar-refractivity contribution in [1.29, 1.82) is 0 Å². The third-order valence-corrected chi connectivity index (χ3v) is 3.08. The standard InChI is InChI=1S/C14H9N3O/c1-2-4-12-9(3-1)5-10-6-11-7-15-8-16-13(11)17-14(10)18-12/h1-5,7-8H,6H2. The summed E-state index contributed by atoms with van der Waals surface area (Å²) in [6.45, 7) is 0. The first-order valence-corrected chi connectivity index (χ1v) is 5.75. The van der Waals surface area contributed by atoms with E-state index in [1.54, 1.807) is 0 Å². The topological polar surface area (TPSA) is 47.4 Å². The number of aromatic nitrogens is 2. The third-order valence-electron chi connectivity index (χ3n) is 3.08. The molecule has 4 heteroatoms. The van der Waals surface area contributed by atoms with E-state index in [4.69, 9.17) is 4.74 Å². The molecular weight excluding hydrogens is 226 g/mol. The highest BCUT2D eigenvalue weighted by molar-refractivity contribution is 6.05. The summed E-state index contributed by atoms with van der Waals surface area (Å²) in [5.74, 6) is 2.20. The van der Waals surface area contributed by atoms with Gasteiger partial charge in [-0.25, -0.2) is 9.97 Å². The van der Waals surface area contributed by atoms with Crippen LogP contribution in [-0.2, 0) is 6.42 Å². The van der Waals surface area contributed by atoms with E-state index in [0.717, 1.165) is 28.9 Å². The summed E-state index contributed by atoms with van der Waals surface area (Å²) in [5.41, 5.74) is 3.21. The normalized spacial score (nSPS) is 15.6. The second kappa shape index (κ2) is 3.50. The van der Waals surface area contributed by atoms with Gasteiger partial charge in [-0.1, -0.05) is 18.2 Å². The molecule has 0 saturated heterocycles. The Balaban J connectivity index is 1.88. The Kier molecular flexibility index (Phi) is 1.85. The lowest BCUT2D eigenvalue weighted by Crippen LogP contribution is -2.20. The van der Waals surface area contributed by atoms with Crippen LogP contribution >= 0.6 is 0 Å². The molecule has 0 radical (unpaired) electrons. The van der Waals surface area contributed by atoms with Gasteiger partial charge in [0.05, 0.1) is 0 Å². The van der Waals surface area contributed by atoms with E-state index >= 15 is 0 Å². The number of hydrogen-bond donors (Lipinski definition) is 0. The maximum Gasteiger partial charge on any atom is 0.224 e. The fraction of sp³-hybridized carbons (Fsp3) is 0.0714. The van der Waals surface area contributed by atoms with Gasteiger partial charge in [0.1, 0.15) is 12.1 Å². The lowest BCUT2D eigenvalue weighted by molar-refractivity contribution is 0.541. The third kappa shape index (κ3) is 1.35. The first kappa shape index (κ1) is 9.53. The van der Waals surface area contributed by atoms with Crippen LogP contribution in [0.15, 0.2) is 47.4 Å². The minimum Gasteiger partial charge on any atom is -0.438 e. The second-order valence-corrected chi connectivity index (χ2v) is 4.27. The zero-order valence-corrected chi connectivity index (χ0v) is 9.50. The number of fused-ring (bicyclic) bond motifs is 3. The molecule has 2 aromatic rings. The Morgan fingerprint density at radius 1 is 1.17 bits per heavy atom. The van der Waals surface area contributed by atoms with Crippen molar-refractivity contribution in [3.63, 3.8) is 0 Å². The number of rotatable bonds is 0. The molecule has 0 unspecified atom stereocenters. The predicted octanol–water partition coefficient (Wildman–Crippen LogP) is 2.54. The summed E-state index contributed by atoms with van der Waals surface area (Å²) in [6.07, 6.45) is 6.20. The molecule has 18 heavy (non-hydrogen) atoms. The van der Waals surface area contributed by atoms with Gasteiger partial charge >= 0.3 is 0 Å². The summed E-state index contributed by atoms with van der Waals surface area (Å²) in [6, 6.07) is 7.94. The molecule has 0 aliphatic carbocycles. The highest BCUT2D eigenvalue weighted by atomic mass is 16.5. The molecule has 86 valence electrons. The predicted molar refractivity (Wildman–Crippen MR) is 67.9 cm³/mol. The van der Waals surface area contributed by atoms with Crippen molar-refractivity contribution in [1.82, 2.24) is 9.97 Å². The molecule has 4 nitrogen and oxygen atoms in total. The maximum atomic E-state index is 5.81. The summed E-state index contributed by atoms with van der Waals surface area (Å²) in [4.78, 5) is 12.6. The average Bonchev–Trinajstić information content (AvgIpc) is 2.42. The lowest BCUT2D eigenvalue weighted by Gasteiger charge is -2.22. The zero-order chi connectivity index (χ0) is 11.9. The molecular formula is C14H9N3O. The van der Waals surface area contributed by atoms with Gasteiger partial charge < -0.3 is 4.74 Å². The molecule has 2 aliphatic heterocycles. The number of para-hydroxylation sites is 1. The van der Waals surface area contributed by atoms with Crippen molar-refractivity contribution >= 4 is 17.8 Å². The molecule has 4 rings (SSSR count). The zero-order valence-electron chi connectivity index (χ0n) is 9.50. The number of benzene rings is 1. The van der Waals surface area contributed by atoms with Crippen LogP contribution in [-0.4, -0.2) is 15.9 Å². The van der Waals surface area contributed by atoms with Crippen LogP contribution in [0.4, 0.5) is 5.82 Å².